The van der Waals surface area contributed by atoms with Crippen molar-refractivity contribution in [3.63, 3.8) is 0 Å². The summed E-state index contributed by atoms with van der Waals surface area (Å²) < 4.78 is 1.77. The zero-order valence-electron chi connectivity index (χ0n) is 17.9. The number of fused-ring (bicyclic) bond motifs is 4. The molecule has 0 saturated carbocycles. The second-order valence-corrected chi connectivity index (χ2v) is 9.07. The van der Waals surface area contributed by atoms with Gasteiger partial charge in [0.25, 0.3) is 0 Å². The minimum atomic E-state index is 0.0278. The van der Waals surface area contributed by atoms with Gasteiger partial charge in [0.15, 0.2) is 0 Å². The number of aryl methyl sites for hydroxylation is 1. The first kappa shape index (κ1) is 20.3. The highest BCUT2D eigenvalue weighted by Crippen LogP contribution is 2.40. The summed E-state index contributed by atoms with van der Waals surface area (Å²) in [6, 6.07) is 0.970. The first-order valence-corrected chi connectivity index (χ1v) is 10.9. The molecule has 3 aliphatic heterocycles. The van der Waals surface area contributed by atoms with Crippen molar-refractivity contribution in [2.75, 3.05) is 38.0 Å². The van der Waals surface area contributed by atoms with E-state index in [0.717, 1.165) is 37.6 Å². The number of amides is 2. The van der Waals surface area contributed by atoms with Crippen LogP contribution in [0.15, 0.2) is 6.20 Å². The summed E-state index contributed by atoms with van der Waals surface area (Å²) in [5, 5.41) is 10.3. The number of carbonyl (C=O) groups is 2. The average Bonchev–Trinajstić information content (AvgIpc) is 2.99. The van der Waals surface area contributed by atoms with Gasteiger partial charge in [-0.3, -0.25) is 24.1 Å². The highest BCUT2D eigenvalue weighted by Gasteiger charge is 2.47. The lowest BCUT2D eigenvalue weighted by Crippen LogP contribution is -2.66. The van der Waals surface area contributed by atoms with Gasteiger partial charge in [0, 0.05) is 45.7 Å². The maximum absolute atomic E-state index is 12.7. The van der Waals surface area contributed by atoms with Gasteiger partial charge in [-0.2, -0.15) is 5.10 Å². The smallest absolute Gasteiger partial charge is 0.238 e. The van der Waals surface area contributed by atoms with Gasteiger partial charge in [0.05, 0.1) is 24.1 Å². The normalized spacial score (nSPS) is 29.9. The molecule has 29 heavy (non-hydrogen) atoms. The highest BCUT2D eigenvalue weighted by molar-refractivity contribution is 5.92. The molecule has 8 nitrogen and oxygen atoms in total. The number of hydrogen-bond acceptors (Lipinski definition) is 5. The first-order valence-electron chi connectivity index (χ1n) is 10.9. The molecular formula is C21H34N6O2. The molecule has 4 atom stereocenters. The number of aromatic nitrogens is 2. The molecule has 2 N–H and O–H groups in total. The second kappa shape index (κ2) is 8.44. The molecule has 3 fully saturated rings. The van der Waals surface area contributed by atoms with Crippen LogP contribution in [0.5, 0.6) is 0 Å². The predicted octanol–water partition coefficient (Wildman–Crippen LogP) is 0.978. The summed E-state index contributed by atoms with van der Waals surface area (Å²) >= 11 is 0. The Morgan fingerprint density at radius 2 is 2.03 bits per heavy atom. The Bertz CT molecular complexity index is 762. The number of nitrogens with zero attached hydrogens (tertiary/aromatic N) is 4. The van der Waals surface area contributed by atoms with Gasteiger partial charge in [-0.1, -0.05) is 6.42 Å². The van der Waals surface area contributed by atoms with Crippen molar-refractivity contribution in [3.05, 3.63) is 11.9 Å². The third kappa shape index (κ3) is 4.33. The van der Waals surface area contributed by atoms with Crippen molar-refractivity contribution in [3.8, 4) is 0 Å². The predicted molar refractivity (Wildman–Crippen MR) is 111 cm³/mol. The Balaban J connectivity index is 1.42. The van der Waals surface area contributed by atoms with E-state index in [-0.39, 0.29) is 11.8 Å². The molecule has 2 amide bonds. The van der Waals surface area contributed by atoms with Crippen LogP contribution in [0, 0.1) is 18.8 Å². The topological polar surface area (TPSA) is 82.5 Å². The van der Waals surface area contributed by atoms with Crippen LogP contribution in [0.1, 0.15) is 38.3 Å². The van der Waals surface area contributed by atoms with Crippen molar-refractivity contribution in [1.82, 2.24) is 24.9 Å². The zero-order chi connectivity index (χ0) is 20.5. The second-order valence-electron chi connectivity index (χ2n) is 9.07. The molecule has 2 bridgehead atoms. The molecule has 160 valence electrons. The molecule has 3 aliphatic rings. The average molecular weight is 403 g/mol. The van der Waals surface area contributed by atoms with Gasteiger partial charge in [-0.25, -0.2) is 0 Å². The van der Waals surface area contributed by atoms with E-state index in [1.54, 1.807) is 17.8 Å². The number of carbonyl (C=O) groups excluding carboxylic acids is 2. The van der Waals surface area contributed by atoms with Crippen LogP contribution in [-0.4, -0.2) is 76.2 Å². The minimum absolute atomic E-state index is 0.0278. The van der Waals surface area contributed by atoms with Crippen LogP contribution in [0.2, 0.25) is 0 Å². The summed E-state index contributed by atoms with van der Waals surface area (Å²) in [4.78, 5) is 29.2. The van der Waals surface area contributed by atoms with Gasteiger partial charge in [0.1, 0.15) is 0 Å². The lowest BCUT2D eigenvalue weighted by atomic mass is 9.72. The number of hydrogen-bond donors (Lipinski definition) is 2. The van der Waals surface area contributed by atoms with Gasteiger partial charge in [0.2, 0.25) is 11.8 Å². The third-order valence-electron chi connectivity index (χ3n) is 7.13. The molecule has 0 aromatic carbocycles. The number of rotatable bonds is 5. The standard InChI is InChI=1S/C21H34N6O2/c1-14-18(9-23-25(14)3)24-21(29)13-26-11-16-8-17(12-26)20(10-22-15(2)28)27-7-5-4-6-19(16)27/h9,16-17,19-20H,4-8,10-13H2,1-3H3,(H,22,28)(H,24,29)/t16-,17+,19+,20+/m1/s1. The summed E-state index contributed by atoms with van der Waals surface area (Å²) in [5.41, 5.74) is 1.75. The number of likely N-dealkylation sites (tertiary alicyclic amines) is 1. The van der Waals surface area contributed by atoms with Crippen molar-refractivity contribution >= 4 is 17.5 Å². The van der Waals surface area contributed by atoms with Crippen LogP contribution in [0.4, 0.5) is 5.69 Å². The van der Waals surface area contributed by atoms with E-state index >= 15 is 0 Å². The molecule has 1 aromatic rings. The van der Waals surface area contributed by atoms with E-state index in [0.29, 0.717) is 30.5 Å². The molecule has 0 aliphatic carbocycles. The van der Waals surface area contributed by atoms with Gasteiger partial charge >= 0.3 is 0 Å². The van der Waals surface area contributed by atoms with Crippen molar-refractivity contribution in [2.45, 2.75) is 51.6 Å². The third-order valence-corrected chi connectivity index (χ3v) is 7.13. The SMILES string of the molecule is CC(=O)NC[C@H]1[C@H]2C[C@H](CN(CC(=O)Nc3cnn(C)c3C)C2)[C@@H]2CCCCN21. The molecule has 3 saturated heterocycles. The lowest BCUT2D eigenvalue weighted by molar-refractivity contribution is -0.121. The molecular weight excluding hydrogens is 368 g/mol. The Hall–Kier alpha value is -1.93. The molecule has 0 unspecified atom stereocenters. The molecule has 8 heteroatoms. The quantitative estimate of drug-likeness (QED) is 0.767. The summed E-state index contributed by atoms with van der Waals surface area (Å²) in [7, 11) is 1.88. The minimum Gasteiger partial charge on any atom is -0.355 e. The van der Waals surface area contributed by atoms with Crippen LogP contribution in [0.25, 0.3) is 0 Å². The van der Waals surface area contributed by atoms with Crippen molar-refractivity contribution in [1.29, 1.82) is 0 Å². The Kier molecular flexibility index (Phi) is 5.92. The van der Waals surface area contributed by atoms with Crippen LogP contribution < -0.4 is 10.6 Å². The van der Waals surface area contributed by atoms with Crippen LogP contribution in [0.3, 0.4) is 0 Å². The van der Waals surface area contributed by atoms with E-state index in [1.807, 2.05) is 14.0 Å². The highest BCUT2D eigenvalue weighted by atomic mass is 16.2. The van der Waals surface area contributed by atoms with Gasteiger partial charge < -0.3 is 10.6 Å². The van der Waals surface area contributed by atoms with E-state index < -0.39 is 0 Å². The van der Waals surface area contributed by atoms with Gasteiger partial charge in [-0.15, -0.1) is 0 Å². The Morgan fingerprint density at radius 3 is 2.76 bits per heavy atom. The maximum Gasteiger partial charge on any atom is 0.238 e. The monoisotopic (exact) mass is 402 g/mol. The molecule has 0 radical (unpaired) electrons. The van der Waals surface area contributed by atoms with Crippen LogP contribution >= 0.6 is 0 Å². The lowest BCUT2D eigenvalue weighted by Gasteiger charge is -2.56. The fourth-order valence-electron chi connectivity index (χ4n) is 5.68. The number of piperidine rings is 3. The molecule has 0 spiro atoms. The number of anilines is 1. The van der Waals surface area contributed by atoms with E-state index in [2.05, 4.69) is 25.5 Å². The van der Waals surface area contributed by atoms with Crippen molar-refractivity contribution in [2.24, 2.45) is 18.9 Å². The summed E-state index contributed by atoms with van der Waals surface area (Å²) in [6.07, 6.45) is 6.70. The van der Waals surface area contributed by atoms with E-state index in [9.17, 15) is 9.59 Å². The number of nitrogens with one attached hydrogen (secondary N) is 2. The maximum atomic E-state index is 12.7. The Labute approximate surface area is 173 Å². The van der Waals surface area contributed by atoms with E-state index in [4.69, 9.17) is 0 Å². The van der Waals surface area contributed by atoms with Gasteiger partial charge in [-0.05, 0) is 44.6 Å². The summed E-state index contributed by atoms with van der Waals surface area (Å²) in [6.45, 7) is 7.74. The molecule has 4 heterocycles. The zero-order valence-corrected chi connectivity index (χ0v) is 17.9. The first-order chi connectivity index (χ1) is 13.9. The fraction of sp³-hybridized carbons (Fsp3) is 0.762. The summed E-state index contributed by atoms with van der Waals surface area (Å²) in [5.74, 6) is 1.19. The van der Waals surface area contributed by atoms with Crippen molar-refractivity contribution < 1.29 is 9.59 Å². The Morgan fingerprint density at radius 1 is 1.24 bits per heavy atom. The fourth-order valence-corrected chi connectivity index (χ4v) is 5.68. The largest absolute Gasteiger partial charge is 0.355 e. The van der Waals surface area contributed by atoms with Crippen LogP contribution in [-0.2, 0) is 16.6 Å². The molecule has 4 rings (SSSR count). The van der Waals surface area contributed by atoms with E-state index in [1.165, 1.54) is 25.7 Å². The molecule has 1 aromatic heterocycles.